The van der Waals surface area contributed by atoms with E-state index >= 15 is 0 Å². The van der Waals surface area contributed by atoms with Gasteiger partial charge in [-0.2, -0.15) is 5.71 Å². The Morgan fingerprint density at radius 2 is 1.60 bits per heavy atom. The number of carbonyl (C=O) groups is 2. The number of hydrogen-bond acceptors (Lipinski definition) is 6. The van der Waals surface area contributed by atoms with Gasteiger partial charge in [0.2, 0.25) is 0 Å². The molecular formula is C21H22N3O6-. The summed E-state index contributed by atoms with van der Waals surface area (Å²) in [6.45, 7) is 0.800. The third kappa shape index (κ3) is 6.93. The Kier molecular flexibility index (Phi) is 7.92. The number of aliphatic carboxylic acids is 1. The second-order valence-electron chi connectivity index (χ2n) is 6.29. The van der Waals surface area contributed by atoms with Gasteiger partial charge in [0.1, 0.15) is 30.4 Å². The summed E-state index contributed by atoms with van der Waals surface area (Å²) in [4.78, 5) is 24.7. The van der Waals surface area contributed by atoms with Crippen molar-refractivity contribution in [2.24, 2.45) is 0 Å². The van der Waals surface area contributed by atoms with Crippen LogP contribution in [-0.4, -0.2) is 53.8 Å². The maximum absolute atomic E-state index is 12.5. The Hall–Kier alpha value is -3.88. The molecule has 0 heterocycles. The summed E-state index contributed by atoms with van der Waals surface area (Å²) < 4.78 is 15.7. The lowest BCUT2D eigenvalue weighted by atomic mass is 10.2. The molecular weight excluding hydrogens is 390 g/mol. The van der Waals surface area contributed by atoms with Crippen LogP contribution in [0.3, 0.4) is 0 Å². The predicted molar refractivity (Wildman–Crippen MR) is 111 cm³/mol. The lowest BCUT2D eigenvalue weighted by Gasteiger charge is -2.20. The summed E-state index contributed by atoms with van der Waals surface area (Å²) in [6, 6.07) is 12.9. The van der Waals surface area contributed by atoms with E-state index in [1.807, 2.05) is 0 Å². The maximum Gasteiger partial charge on any atom is 0.416 e. The Labute approximate surface area is 173 Å². The van der Waals surface area contributed by atoms with Crippen LogP contribution in [0.1, 0.15) is 12.5 Å². The second-order valence-corrected chi connectivity index (χ2v) is 6.29. The predicted octanol–water partition coefficient (Wildman–Crippen LogP) is 3.21. The van der Waals surface area contributed by atoms with Crippen LogP contribution in [0.25, 0.3) is 5.41 Å². The molecule has 0 aliphatic carbocycles. The molecule has 0 bridgehead atoms. The smallest absolute Gasteiger partial charge is 0.416 e. The van der Waals surface area contributed by atoms with E-state index in [2.05, 4.69) is 0 Å². The first-order valence-corrected chi connectivity index (χ1v) is 8.93. The van der Waals surface area contributed by atoms with Gasteiger partial charge in [-0.15, -0.1) is 0 Å². The third-order valence-corrected chi connectivity index (χ3v) is 3.97. The number of hydrogen-bond donors (Lipinski definition) is 2. The van der Waals surface area contributed by atoms with E-state index in [-0.39, 0.29) is 30.3 Å². The lowest BCUT2D eigenvalue weighted by molar-refractivity contribution is -0.138. The molecule has 9 nitrogen and oxygen atoms in total. The Balaban J connectivity index is 2.02. The number of nitrogens with one attached hydrogen (secondary N) is 1. The van der Waals surface area contributed by atoms with Crippen molar-refractivity contribution >= 4 is 23.5 Å². The minimum absolute atomic E-state index is 0.0148. The number of amides is 1. The van der Waals surface area contributed by atoms with Crippen LogP contribution < -0.4 is 14.2 Å². The van der Waals surface area contributed by atoms with Gasteiger partial charge in [-0.05, 0) is 42.0 Å². The van der Waals surface area contributed by atoms with Crippen molar-refractivity contribution in [3.63, 3.8) is 0 Å². The lowest BCUT2D eigenvalue weighted by Crippen LogP contribution is -2.37. The zero-order valence-corrected chi connectivity index (χ0v) is 16.6. The zero-order valence-electron chi connectivity index (χ0n) is 16.6. The van der Waals surface area contributed by atoms with Crippen LogP contribution >= 0.6 is 0 Å². The topological polar surface area (TPSA) is 131 Å². The number of carboxylic acids is 1. The van der Waals surface area contributed by atoms with E-state index < -0.39 is 18.6 Å². The Morgan fingerprint density at radius 1 is 1.03 bits per heavy atom. The molecule has 0 unspecified atom stereocenters. The fraction of sp³-hybridized carbons (Fsp3) is 0.238. The number of methoxy groups -OCH3 is 1. The summed E-state index contributed by atoms with van der Waals surface area (Å²) in [5, 5.41) is 25.9. The molecule has 9 heteroatoms. The number of carbonyl (C=O) groups excluding carboxylic acids is 1. The number of carboxylic acid groups (broad SMARTS) is 1. The van der Waals surface area contributed by atoms with E-state index in [0.29, 0.717) is 17.1 Å². The Bertz CT molecular complexity index is 909. The molecule has 1 amide bonds. The van der Waals surface area contributed by atoms with Crippen LogP contribution in [0.5, 0.6) is 17.2 Å². The molecule has 0 aromatic heterocycles. The highest BCUT2D eigenvalue weighted by Crippen LogP contribution is 2.19. The van der Waals surface area contributed by atoms with E-state index in [4.69, 9.17) is 24.7 Å². The van der Waals surface area contributed by atoms with Gasteiger partial charge >= 0.3 is 12.1 Å². The standard InChI is InChI=1S/C21H22N3O6/c1-14(22)19(23)13-29-17-5-3-15(4-6-17)11-24(12-20(25)26)21(27)30-18-9-7-16(28-2)8-10-18/h3-10,23H,11-13H2,1-2H3,(H,25,26)/q-1. The number of ether oxygens (including phenoxy) is 3. The molecule has 2 N–H and O–H groups in total. The molecule has 2 rings (SSSR count). The van der Waals surface area contributed by atoms with Crippen LogP contribution in [0.15, 0.2) is 48.5 Å². The average molecular weight is 412 g/mol. The summed E-state index contributed by atoms with van der Waals surface area (Å²) in [5.74, 6) is 0.158. The van der Waals surface area contributed by atoms with E-state index in [9.17, 15) is 15.0 Å². The van der Waals surface area contributed by atoms with Gasteiger partial charge in [0.25, 0.3) is 0 Å². The first-order chi connectivity index (χ1) is 14.3. The van der Waals surface area contributed by atoms with Crippen molar-refractivity contribution in [1.82, 2.24) is 4.90 Å². The highest BCUT2D eigenvalue weighted by molar-refractivity contribution is 6.42. The first-order valence-electron chi connectivity index (χ1n) is 8.93. The van der Waals surface area contributed by atoms with Gasteiger partial charge in [-0.3, -0.25) is 9.69 Å². The quantitative estimate of drug-likeness (QED) is 0.576. The largest absolute Gasteiger partial charge is 0.806 e. The normalized spacial score (nSPS) is 10.1. The molecule has 0 atom stereocenters. The number of nitrogens with zero attached hydrogens (tertiary/aromatic N) is 2. The van der Waals surface area contributed by atoms with Gasteiger partial charge in [-0.25, -0.2) is 4.79 Å². The van der Waals surface area contributed by atoms with E-state index in [1.165, 1.54) is 14.0 Å². The summed E-state index contributed by atoms with van der Waals surface area (Å²) in [5.41, 5.74) is 0.509. The van der Waals surface area contributed by atoms with Crippen molar-refractivity contribution in [1.29, 1.82) is 5.41 Å². The molecule has 2 aromatic rings. The minimum Gasteiger partial charge on any atom is -0.806 e. The Morgan fingerprint density at radius 3 is 2.13 bits per heavy atom. The first kappa shape index (κ1) is 22.4. The summed E-state index contributed by atoms with van der Waals surface area (Å²) in [7, 11) is 1.52. The molecule has 0 aliphatic heterocycles. The van der Waals surface area contributed by atoms with Crippen molar-refractivity contribution in [2.45, 2.75) is 13.5 Å². The fourth-order valence-electron chi connectivity index (χ4n) is 2.33. The van der Waals surface area contributed by atoms with Gasteiger partial charge < -0.3 is 30.1 Å². The van der Waals surface area contributed by atoms with E-state index in [0.717, 1.165) is 4.90 Å². The zero-order chi connectivity index (χ0) is 22.1. The van der Waals surface area contributed by atoms with Crippen LogP contribution in [0.4, 0.5) is 4.79 Å². The van der Waals surface area contributed by atoms with Crippen LogP contribution in [-0.2, 0) is 11.3 Å². The average Bonchev–Trinajstić information content (AvgIpc) is 2.72. The molecule has 158 valence electrons. The van der Waals surface area contributed by atoms with Crippen LogP contribution in [0, 0.1) is 5.41 Å². The summed E-state index contributed by atoms with van der Waals surface area (Å²) in [6.07, 6.45) is -0.801. The molecule has 0 fully saturated rings. The monoisotopic (exact) mass is 412 g/mol. The maximum atomic E-state index is 12.5. The van der Waals surface area contributed by atoms with Gasteiger partial charge in [0.05, 0.1) is 7.11 Å². The highest BCUT2D eigenvalue weighted by Gasteiger charge is 2.19. The molecule has 0 spiro atoms. The number of benzene rings is 2. The summed E-state index contributed by atoms with van der Waals surface area (Å²) >= 11 is 0. The second kappa shape index (κ2) is 10.6. The van der Waals surface area contributed by atoms with Gasteiger partial charge in [0.15, 0.2) is 0 Å². The van der Waals surface area contributed by atoms with Gasteiger partial charge in [-0.1, -0.05) is 19.1 Å². The fourth-order valence-corrected chi connectivity index (χ4v) is 2.33. The van der Waals surface area contributed by atoms with E-state index in [1.54, 1.807) is 48.5 Å². The third-order valence-electron chi connectivity index (χ3n) is 3.97. The molecule has 0 saturated heterocycles. The van der Waals surface area contributed by atoms with Gasteiger partial charge in [0, 0.05) is 12.3 Å². The SMILES string of the molecule is COc1ccc(OC(=O)N(CC(=O)O)Cc2ccc(OCC(=N)C(C)=[N-])cc2)cc1. The highest BCUT2D eigenvalue weighted by atomic mass is 16.6. The van der Waals surface area contributed by atoms with Crippen molar-refractivity contribution in [3.8, 4) is 17.2 Å². The molecule has 0 saturated carbocycles. The molecule has 2 aromatic carbocycles. The van der Waals surface area contributed by atoms with Crippen LogP contribution in [0.2, 0.25) is 0 Å². The molecule has 0 aliphatic rings. The minimum atomic E-state index is -1.17. The molecule has 30 heavy (non-hydrogen) atoms. The van der Waals surface area contributed by atoms with Crippen molar-refractivity contribution < 1.29 is 28.9 Å². The van der Waals surface area contributed by atoms with Crippen molar-refractivity contribution in [3.05, 3.63) is 59.5 Å². The van der Waals surface area contributed by atoms with Crippen molar-refractivity contribution in [2.75, 3.05) is 20.3 Å². The number of rotatable bonds is 10. The molecule has 0 radical (unpaired) electrons.